The Morgan fingerprint density at radius 2 is 1.60 bits per heavy atom. The average molecular weight is 563 g/mol. The molecule has 1 saturated carbocycles. The Kier molecular flexibility index (Phi) is 9.34. The van der Waals surface area contributed by atoms with E-state index in [2.05, 4.69) is 16.2 Å². The van der Waals surface area contributed by atoms with Gasteiger partial charge >= 0.3 is 0 Å². The van der Waals surface area contributed by atoms with Gasteiger partial charge in [-0.15, -0.1) is 6.58 Å². The summed E-state index contributed by atoms with van der Waals surface area (Å²) in [5, 5.41) is 9.48. The minimum Gasteiger partial charge on any atom is -0.392 e. The number of hydrogen-bond acceptors (Lipinski definition) is 6. The Morgan fingerprint density at radius 1 is 0.925 bits per heavy atom. The van der Waals surface area contributed by atoms with Crippen molar-refractivity contribution in [3.05, 3.63) is 108 Å². The molecular weight excluding hydrogens is 524 g/mol. The first-order valence-corrected chi connectivity index (χ1v) is 15.5. The van der Waals surface area contributed by atoms with Crippen molar-refractivity contribution in [1.82, 2.24) is 4.90 Å². The first-order valence-electron chi connectivity index (χ1n) is 14.0. The van der Waals surface area contributed by atoms with Gasteiger partial charge in [0.1, 0.15) is 0 Å². The summed E-state index contributed by atoms with van der Waals surface area (Å²) in [6, 6.07) is 23.9. The zero-order valence-electron chi connectivity index (χ0n) is 22.7. The average Bonchev–Trinajstić information content (AvgIpc) is 3.53. The van der Waals surface area contributed by atoms with E-state index in [-0.39, 0.29) is 23.7 Å². The summed E-state index contributed by atoms with van der Waals surface area (Å²) >= 11 is 0. The Balaban J connectivity index is 1.35. The maximum Gasteiger partial charge on any atom is 0.261 e. The molecule has 40 heavy (non-hydrogen) atoms. The summed E-state index contributed by atoms with van der Waals surface area (Å²) in [6.45, 7) is 5.59. The number of anilines is 1. The molecule has 5 rings (SSSR count). The van der Waals surface area contributed by atoms with E-state index in [9.17, 15) is 13.5 Å². The fraction of sp³-hybridized carbons (Fsp3) is 0.375. The molecular formula is C32H38N2O5S. The molecule has 0 radical (unpaired) electrons. The Hall–Kier alpha value is -3.01. The van der Waals surface area contributed by atoms with Gasteiger partial charge in [0.25, 0.3) is 10.0 Å². The van der Waals surface area contributed by atoms with Crippen LogP contribution in [0.5, 0.6) is 0 Å². The zero-order chi connectivity index (χ0) is 28.0. The van der Waals surface area contributed by atoms with Crippen LogP contribution in [-0.4, -0.2) is 43.7 Å². The standard InChI is InChI=1S/C32H38N2O5S/c1-2-20-34(28-8-6-7-9-28)22-29-21-31(25-14-12-24(23-35)13-15-25)39-32(38-29)26-16-18-27(19-17-26)33-40(36,37)30-10-4-3-5-11-30/h2-5,10-19,28-29,31-33,35H,1,6-9,20-23H2. The van der Waals surface area contributed by atoms with Crippen LogP contribution in [0.3, 0.4) is 0 Å². The lowest BCUT2D eigenvalue weighted by molar-refractivity contribution is -0.253. The molecule has 0 spiro atoms. The predicted molar refractivity (Wildman–Crippen MR) is 156 cm³/mol. The van der Waals surface area contributed by atoms with Crippen molar-refractivity contribution in [2.24, 2.45) is 0 Å². The van der Waals surface area contributed by atoms with Gasteiger partial charge in [0, 0.05) is 36.8 Å². The van der Waals surface area contributed by atoms with Crippen molar-refractivity contribution in [3.8, 4) is 0 Å². The van der Waals surface area contributed by atoms with Gasteiger partial charge in [0.15, 0.2) is 6.29 Å². The smallest absolute Gasteiger partial charge is 0.261 e. The zero-order valence-corrected chi connectivity index (χ0v) is 23.5. The Bertz CT molecular complexity index is 1340. The number of benzene rings is 3. The quantitative estimate of drug-likeness (QED) is 0.281. The summed E-state index contributed by atoms with van der Waals surface area (Å²) in [5.74, 6) is 0. The van der Waals surface area contributed by atoms with E-state index in [1.54, 1.807) is 42.5 Å². The lowest BCUT2D eigenvalue weighted by Gasteiger charge is -2.39. The predicted octanol–water partition coefficient (Wildman–Crippen LogP) is 5.96. The number of hydrogen-bond donors (Lipinski definition) is 2. The molecule has 212 valence electrons. The molecule has 1 heterocycles. The highest BCUT2D eigenvalue weighted by molar-refractivity contribution is 7.92. The van der Waals surface area contributed by atoms with E-state index >= 15 is 0 Å². The highest BCUT2D eigenvalue weighted by Crippen LogP contribution is 2.39. The van der Waals surface area contributed by atoms with Crippen LogP contribution in [-0.2, 0) is 26.1 Å². The van der Waals surface area contributed by atoms with Crippen LogP contribution in [0.2, 0.25) is 0 Å². The van der Waals surface area contributed by atoms with Crippen LogP contribution in [0, 0.1) is 0 Å². The highest BCUT2D eigenvalue weighted by atomic mass is 32.2. The Morgan fingerprint density at radius 3 is 2.25 bits per heavy atom. The van der Waals surface area contributed by atoms with Crippen LogP contribution in [0.25, 0.3) is 0 Å². The lowest BCUT2D eigenvalue weighted by Crippen LogP contribution is -2.43. The largest absolute Gasteiger partial charge is 0.392 e. The first kappa shape index (κ1) is 28.5. The van der Waals surface area contributed by atoms with Crippen LogP contribution < -0.4 is 4.72 Å². The molecule has 2 aliphatic rings. The van der Waals surface area contributed by atoms with Gasteiger partial charge in [0.05, 0.1) is 23.7 Å². The molecule has 1 aliphatic carbocycles. The van der Waals surface area contributed by atoms with Gasteiger partial charge in [-0.1, -0.05) is 73.5 Å². The monoisotopic (exact) mass is 562 g/mol. The van der Waals surface area contributed by atoms with Crippen molar-refractivity contribution in [2.75, 3.05) is 17.8 Å². The van der Waals surface area contributed by atoms with Crippen LogP contribution in [0.1, 0.15) is 61.2 Å². The molecule has 3 atom stereocenters. The lowest BCUT2D eigenvalue weighted by atomic mass is 9.99. The van der Waals surface area contributed by atoms with Gasteiger partial charge in [-0.05, 0) is 48.2 Å². The SMILES string of the molecule is C=CCN(CC1CC(c2ccc(CO)cc2)OC(c2ccc(NS(=O)(=O)c3ccccc3)cc2)O1)C1CCCC1. The second-order valence-corrected chi connectivity index (χ2v) is 12.3. The van der Waals surface area contributed by atoms with Crippen molar-refractivity contribution >= 4 is 15.7 Å². The molecule has 2 N–H and O–H groups in total. The van der Waals surface area contributed by atoms with E-state index in [1.807, 2.05) is 42.5 Å². The number of nitrogens with zero attached hydrogens (tertiary/aromatic N) is 1. The third kappa shape index (κ3) is 7.00. The Labute approximate surface area is 237 Å². The van der Waals surface area contributed by atoms with Gasteiger partial charge in [0.2, 0.25) is 0 Å². The van der Waals surface area contributed by atoms with Gasteiger partial charge in [-0.3, -0.25) is 9.62 Å². The number of aliphatic hydroxyl groups excluding tert-OH is 1. The molecule has 2 fully saturated rings. The fourth-order valence-electron chi connectivity index (χ4n) is 5.62. The normalized spacial score (nSPS) is 21.9. The molecule has 7 nitrogen and oxygen atoms in total. The number of ether oxygens (including phenoxy) is 2. The number of rotatable bonds is 11. The van der Waals surface area contributed by atoms with Crippen LogP contribution in [0.15, 0.2) is 96.4 Å². The maximum atomic E-state index is 12.8. The van der Waals surface area contributed by atoms with Crippen LogP contribution >= 0.6 is 0 Å². The van der Waals surface area contributed by atoms with Gasteiger partial charge in [-0.25, -0.2) is 8.42 Å². The molecule has 3 unspecified atom stereocenters. The summed E-state index contributed by atoms with van der Waals surface area (Å²) in [6.07, 6.45) is 6.76. The topological polar surface area (TPSA) is 88.1 Å². The van der Waals surface area contributed by atoms with Gasteiger partial charge < -0.3 is 14.6 Å². The molecule has 1 aliphatic heterocycles. The third-order valence-electron chi connectivity index (χ3n) is 7.75. The van der Waals surface area contributed by atoms with E-state index < -0.39 is 16.3 Å². The van der Waals surface area contributed by atoms with Crippen molar-refractivity contribution < 1.29 is 23.0 Å². The molecule has 0 amide bonds. The third-order valence-corrected chi connectivity index (χ3v) is 9.14. The van der Waals surface area contributed by atoms with Crippen molar-refractivity contribution in [3.63, 3.8) is 0 Å². The summed E-state index contributed by atoms with van der Waals surface area (Å²) < 4.78 is 41.2. The summed E-state index contributed by atoms with van der Waals surface area (Å²) in [7, 11) is -3.68. The van der Waals surface area contributed by atoms with Gasteiger partial charge in [-0.2, -0.15) is 0 Å². The van der Waals surface area contributed by atoms with E-state index in [1.165, 1.54) is 25.7 Å². The summed E-state index contributed by atoms with van der Waals surface area (Å²) in [4.78, 5) is 2.70. The second-order valence-electron chi connectivity index (χ2n) is 10.6. The molecule has 8 heteroatoms. The number of sulfonamides is 1. The minimum absolute atomic E-state index is 0.00154. The van der Waals surface area contributed by atoms with E-state index in [0.29, 0.717) is 18.2 Å². The maximum absolute atomic E-state index is 12.8. The van der Waals surface area contributed by atoms with E-state index in [0.717, 1.165) is 29.8 Å². The fourth-order valence-corrected chi connectivity index (χ4v) is 6.70. The molecule has 0 bridgehead atoms. The summed E-state index contributed by atoms with van der Waals surface area (Å²) in [5.41, 5.74) is 3.18. The van der Waals surface area contributed by atoms with Crippen molar-refractivity contribution in [2.45, 2.75) is 68.1 Å². The van der Waals surface area contributed by atoms with Crippen LogP contribution in [0.4, 0.5) is 5.69 Å². The molecule has 3 aromatic carbocycles. The number of nitrogens with one attached hydrogen (secondary N) is 1. The molecule has 1 saturated heterocycles. The van der Waals surface area contributed by atoms with E-state index in [4.69, 9.17) is 9.47 Å². The number of aliphatic hydroxyl groups is 1. The second kappa shape index (κ2) is 13.1. The minimum atomic E-state index is -3.68. The molecule has 0 aromatic heterocycles. The molecule has 3 aromatic rings. The first-order chi connectivity index (χ1) is 19.4. The van der Waals surface area contributed by atoms with Crippen molar-refractivity contribution in [1.29, 1.82) is 0 Å². The highest BCUT2D eigenvalue weighted by Gasteiger charge is 2.34.